The Morgan fingerprint density at radius 3 is 2.43 bits per heavy atom. The third-order valence-electron chi connectivity index (χ3n) is 3.93. The van der Waals surface area contributed by atoms with Crippen LogP contribution in [0.1, 0.15) is 18.1 Å². The first-order chi connectivity index (χ1) is 11.2. The smallest absolute Gasteiger partial charge is 0.131 e. The van der Waals surface area contributed by atoms with E-state index in [0.29, 0.717) is 12.4 Å². The average Bonchev–Trinajstić information content (AvgIpc) is 2.92. The van der Waals surface area contributed by atoms with Gasteiger partial charge in [0.2, 0.25) is 0 Å². The van der Waals surface area contributed by atoms with Gasteiger partial charge in [0.15, 0.2) is 0 Å². The summed E-state index contributed by atoms with van der Waals surface area (Å²) in [5.41, 5.74) is 16.5. The van der Waals surface area contributed by atoms with Crippen LogP contribution in [0.15, 0.2) is 48.5 Å². The zero-order valence-corrected chi connectivity index (χ0v) is 13.0. The Morgan fingerprint density at radius 1 is 1.09 bits per heavy atom. The number of hydrogen-bond acceptors (Lipinski definition) is 3. The zero-order valence-electron chi connectivity index (χ0n) is 13.0. The molecule has 0 aliphatic carbocycles. The summed E-state index contributed by atoms with van der Waals surface area (Å²) in [6, 6.07) is 14.1. The van der Waals surface area contributed by atoms with E-state index in [1.807, 2.05) is 31.2 Å². The molecule has 0 saturated carbocycles. The lowest BCUT2D eigenvalue weighted by Gasteiger charge is -2.09. The molecule has 1 aromatic heterocycles. The van der Waals surface area contributed by atoms with Gasteiger partial charge in [-0.15, -0.1) is 0 Å². The lowest BCUT2D eigenvalue weighted by atomic mass is 10.1. The Bertz CT molecular complexity index is 822. The molecule has 2 aromatic carbocycles. The van der Waals surface area contributed by atoms with E-state index in [1.165, 1.54) is 12.1 Å². The number of hydrogen-bond donors (Lipinski definition) is 2. The Balaban J connectivity index is 2.19. The lowest BCUT2D eigenvalue weighted by Crippen LogP contribution is -2.08. The fourth-order valence-corrected chi connectivity index (χ4v) is 2.73. The number of halogens is 1. The number of rotatable bonds is 4. The summed E-state index contributed by atoms with van der Waals surface area (Å²) in [5, 5.41) is 4.67. The minimum Gasteiger partial charge on any atom is -0.383 e. The zero-order chi connectivity index (χ0) is 16.4. The molecule has 23 heavy (non-hydrogen) atoms. The first kappa shape index (κ1) is 15.2. The van der Waals surface area contributed by atoms with Crippen LogP contribution in [-0.2, 0) is 13.0 Å². The average molecular weight is 310 g/mol. The predicted molar refractivity (Wildman–Crippen MR) is 90.6 cm³/mol. The molecule has 0 amide bonds. The van der Waals surface area contributed by atoms with E-state index in [9.17, 15) is 4.39 Å². The van der Waals surface area contributed by atoms with Crippen molar-refractivity contribution in [3.05, 3.63) is 65.5 Å². The standard InChI is InChI=1S/C18H19FN4/c1-2-15-17(12-7-9-14(19)10-8-12)22-23(18(15)21)16-6-4-3-5-13(16)11-20/h3-10H,2,11,20-21H2,1H3. The van der Waals surface area contributed by atoms with Crippen LogP contribution in [0.4, 0.5) is 10.2 Å². The number of benzene rings is 2. The van der Waals surface area contributed by atoms with Gasteiger partial charge in [-0.2, -0.15) is 5.10 Å². The van der Waals surface area contributed by atoms with E-state index in [0.717, 1.165) is 34.5 Å². The summed E-state index contributed by atoms with van der Waals surface area (Å²) in [7, 11) is 0. The van der Waals surface area contributed by atoms with Crippen LogP contribution in [0.5, 0.6) is 0 Å². The van der Waals surface area contributed by atoms with Crippen molar-refractivity contribution in [3.63, 3.8) is 0 Å². The van der Waals surface area contributed by atoms with E-state index < -0.39 is 0 Å². The van der Waals surface area contributed by atoms with Crippen molar-refractivity contribution in [1.82, 2.24) is 9.78 Å². The third-order valence-corrected chi connectivity index (χ3v) is 3.93. The minimum atomic E-state index is -0.271. The van der Waals surface area contributed by atoms with Crippen molar-refractivity contribution >= 4 is 5.82 Å². The molecule has 0 saturated heterocycles. The molecule has 0 aliphatic rings. The normalized spacial score (nSPS) is 10.9. The second kappa shape index (κ2) is 6.22. The molecule has 0 radical (unpaired) electrons. The van der Waals surface area contributed by atoms with Crippen molar-refractivity contribution in [3.8, 4) is 16.9 Å². The van der Waals surface area contributed by atoms with Crippen LogP contribution in [-0.4, -0.2) is 9.78 Å². The topological polar surface area (TPSA) is 69.9 Å². The summed E-state index contributed by atoms with van der Waals surface area (Å²) >= 11 is 0. The number of nitrogens with zero attached hydrogens (tertiary/aromatic N) is 2. The molecule has 4 N–H and O–H groups in total. The highest BCUT2D eigenvalue weighted by molar-refractivity contribution is 5.70. The molecular formula is C18H19FN4. The summed E-state index contributed by atoms with van der Waals surface area (Å²) < 4.78 is 14.9. The lowest BCUT2D eigenvalue weighted by molar-refractivity contribution is 0.628. The van der Waals surface area contributed by atoms with Crippen LogP contribution in [0.25, 0.3) is 16.9 Å². The molecule has 118 valence electrons. The summed E-state index contributed by atoms with van der Waals surface area (Å²) in [5.74, 6) is 0.320. The van der Waals surface area contributed by atoms with Crippen LogP contribution < -0.4 is 11.5 Å². The van der Waals surface area contributed by atoms with Gasteiger partial charge in [0.25, 0.3) is 0 Å². The molecule has 4 nitrogen and oxygen atoms in total. The van der Waals surface area contributed by atoms with E-state index in [-0.39, 0.29) is 5.82 Å². The van der Waals surface area contributed by atoms with Crippen LogP contribution in [0.3, 0.4) is 0 Å². The van der Waals surface area contributed by atoms with Crippen molar-refractivity contribution < 1.29 is 4.39 Å². The SMILES string of the molecule is CCc1c(-c2ccc(F)cc2)nn(-c2ccccc2CN)c1N. The number of anilines is 1. The largest absolute Gasteiger partial charge is 0.383 e. The predicted octanol–water partition coefficient (Wildman–Crippen LogP) is 3.28. The van der Waals surface area contributed by atoms with Gasteiger partial charge in [-0.1, -0.05) is 25.1 Å². The summed E-state index contributed by atoms with van der Waals surface area (Å²) in [4.78, 5) is 0. The number of nitrogens with two attached hydrogens (primary N) is 2. The molecule has 1 heterocycles. The first-order valence-corrected chi connectivity index (χ1v) is 7.57. The van der Waals surface area contributed by atoms with E-state index in [4.69, 9.17) is 11.5 Å². The van der Waals surface area contributed by atoms with Crippen LogP contribution in [0, 0.1) is 5.82 Å². The van der Waals surface area contributed by atoms with E-state index in [2.05, 4.69) is 5.10 Å². The monoisotopic (exact) mass is 310 g/mol. The molecule has 0 unspecified atom stereocenters. The Hall–Kier alpha value is -2.66. The number of para-hydroxylation sites is 1. The van der Waals surface area contributed by atoms with Crippen molar-refractivity contribution in [1.29, 1.82) is 0 Å². The summed E-state index contributed by atoms with van der Waals surface area (Å²) in [6.45, 7) is 2.43. The maximum Gasteiger partial charge on any atom is 0.131 e. The number of aromatic nitrogens is 2. The highest BCUT2D eigenvalue weighted by atomic mass is 19.1. The molecule has 0 bridgehead atoms. The quantitative estimate of drug-likeness (QED) is 0.777. The minimum absolute atomic E-state index is 0.271. The second-order valence-electron chi connectivity index (χ2n) is 5.32. The maximum absolute atomic E-state index is 13.2. The van der Waals surface area contributed by atoms with Gasteiger partial charge in [0.1, 0.15) is 11.6 Å². The second-order valence-corrected chi connectivity index (χ2v) is 5.32. The Kier molecular flexibility index (Phi) is 4.12. The first-order valence-electron chi connectivity index (χ1n) is 7.57. The molecule has 5 heteroatoms. The Morgan fingerprint density at radius 2 is 1.78 bits per heavy atom. The van der Waals surface area contributed by atoms with Gasteiger partial charge in [-0.25, -0.2) is 9.07 Å². The molecule has 3 aromatic rings. The molecule has 0 spiro atoms. The van der Waals surface area contributed by atoms with Gasteiger partial charge in [0.05, 0.1) is 11.4 Å². The van der Waals surface area contributed by atoms with E-state index >= 15 is 0 Å². The number of nitrogen functional groups attached to an aromatic ring is 1. The third kappa shape index (κ3) is 2.71. The molecular weight excluding hydrogens is 291 g/mol. The maximum atomic E-state index is 13.2. The Labute approximate surface area is 134 Å². The fraction of sp³-hybridized carbons (Fsp3) is 0.167. The van der Waals surface area contributed by atoms with Gasteiger partial charge >= 0.3 is 0 Å². The van der Waals surface area contributed by atoms with Gasteiger partial charge in [-0.05, 0) is 42.3 Å². The highest BCUT2D eigenvalue weighted by Crippen LogP contribution is 2.30. The van der Waals surface area contributed by atoms with Gasteiger partial charge < -0.3 is 11.5 Å². The van der Waals surface area contributed by atoms with Gasteiger partial charge in [0, 0.05) is 17.7 Å². The van der Waals surface area contributed by atoms with Crippen LogP contribution in [0.2, 0.25) is 0 Å². The molecule has 0 aliphatic heterocycles. The molecule has 3 rings (SSSR count). The summed E-state index contributed by atoms with van der Waals surface area (Å²) in [6.07, 6.45) is 0.739. The van der Waals surface area contributed by atoms with Gasteiger partial charge in [-0.3, -0.25) is 0 Å². The van der Waals surface area contributed by atoms with E-state index in [1.54, 1.807) is 16.8 Å². The van der Waals surface area contributed by atoms with Crippen molar-refractivity contribution in [2.24, 2.45) is 5.73 Å². The fourth-order valence-electron chi connectivity index (χ4n) is 2.73. The molecule has 0 fully saturated rings. The molecule has 0 atom stereocenters. The van der Waals surface area contributed by atoms with Crippen LogP contribution >= 0.6 is 0 Å². The van der Waals surface area contributed by atoms with Crippen molar-refractivity contribution in [2.45, 2.75) is 19.9 Å². The highest BCUT2D eigenvalue weighted by Gasteiger charge is 2.18. The van der Waals surface area contributed by atoms with Crippen molar-refractivity contribution in [2.75, 3.05) is 5.73 Å².